The second-order valence-corrected chi connectivity index (χ2v) is 8.56. The molecule has 0 spiro atoms. The molecule has 2 aliphatic heterocycles. The molecule has 4 rings (SSSR count). The number of rotatable bonds is 3. The number of likely N-dealkylation sites (tertiary alicyclic amines) is 1. The van der Waals surface area contributed by atoms with E-state index < -0.39 is 0 Å². The molecule has 0 aromatic carbocycles. The number of amides is 1. The van der Waals surface area contributed by atoms with Crippen LogP contribution in [0.2, 0.25) is 0 Å². The monoisotopic (exact) mass is 332 g/mol. The smallest absolute Gasteiger partial charge is 0.222 e. The molecule has 3 nitrogen and oxygen atoms in total. The molecular weight excluding hydrogens is 304 g/mol. The van der Waals surface area contributed by atoms with Crippen LogP contribution in [0.15, 0.2) is 11.4 Å². The quantitative estimate of drug-likeness (QED) is 0.843. The van der Waals surface area contributed by atoms with Gasteiger partial charge in [0.05, 0.1) is 0 Å². The van der Waals surface area contributed by atoms with E-state index in [1.807, 2.05) is 11.3 Å². The topological polar surface area (TPSA) is 23.6 Å². The lowest BCUT2D eigenvalue weighted by molar-refractivity contribution is -0.133. The van der Waals surface area contributed by atoms with Gasteiger partial charge in [-0.15, -0.1) is 11.3 Å². The third-order valence-corrected chi connectivity index (χ3v) is 7.13. The molecule has 4 heteroatoms. The summed E-state index contributed by atoms with van der Waals surface area (Å²) < 4.78 is 0. The van der Waals surface area contributed by atoms with E-state index in [-0.39, 0.29) is 0 Å². The van der Waals surface area contributed by atoms with Gasteiger partial charge in [-0.3, -0.25) is 9.69 Å². The minimum atomic E-state index is 0.425. The van der Waals surface area contributed by atoms with Gasteiger partial charge in [-0.25, -0.2) is 0 Å². The summed E-state index contributed by atoms with van der Waals surface area (Å²) in [6.45, 7) is 4.28. The van der Waals surface area contributed by atoms with E-state index in [0.717, 1.165) is 38.9 Å². The molecule has 23 heavy (non-hydrogen) atoms. The van der Waals surface area contributed by atoms with Crippen molar-refractivity contribution < 1.29 is 4.79 Å². The van der Waals surface area contributed by atoms with Gasteiger partial charge < -0.3 is 4.90 Å². The first-order valence-corrected chi connectivity index (χ1v) is 10.2. The van der Waals surface area contributed by atoms with E-state index in [9.17, 15) is 4.79 Å². The van der Waals surface area contributed by atoms with Gasteiger partial charge >= 0.3 is 0 Å². The molecule has 0 atom stereocenters. The van der Waals surface area contributed by atoms with Crippen molar-refractivity contribution in [3.05, 3.63) is 21.9 Å². The summed E-state index contributed by atoms with van der Waals surface area (Å²) in [4.78, 5) is 18.9. The Labute approximate surface area is 143 Å². The van der Waals surface area contributed by atoms with Crippen LogP contribution in [0, 0.1) is 5.92 Å². The summed E-state index contributed by atoms with van der Waals surface area (Å²) in [5, 5.41) is 2.23. The lowest BCUT2D eigenvalue weighted by Gasteiger charge is -2.40. The predicted molar refractivity (Wildman–Crippen MR) is 94.6 cm³/mol. The van der Waals surface area contributed by atoms with E-state index in [1.165, 1.54) is 38.6 Å². The second kappa shape index (κ2) is 6.94. The molecule has 1 saturated carbocycles. The Kier molecular flexibility index (Phi) is 4.72. The van der Waals surface area contributed by atoms with Crippen molar-refractivity contribution in [1.82, 2.24) is 9.80 Å². The summed E-state index contributed by atoms with van der Waals surface area (Å²) in [6, 6.07) is 2.98. The molecule has 2 fully saturated rings. The number of fused-ring (bicyclic) bond motifs is 1. The maximum Gasteiger partial charge on any atom is 0.222 e. The van der Waals surface area contributed by atoms with Gasteiger partial charge in [0.15, 0.2) is 0 Å². The van der Waals surface area contributed by atoms with Crippen LogP contribution in [-0.4, -0.2) is 41.4 Å². The van der Waals surface area contributed by atoms with Gasteiger partial charge in [0.2, 0.25) is 5.91 Å². The summed E-state index contributed by atoms with van der Waals surface area (Å²) in [5.41, 5.74) is 1.54. The Bertz CT molecular complexity index is 541. The van der Waals surface area contributed by atoms with E-state index in [2.05, 4.69) is 21.2 Å². The zero-order valence-corrected chi connectivity index (χ0v) is 14.8. The zero-order chi connectivity index (χ0) is 15.6. The highest BCUT2D eigenvalue weighted by Crippen LogP contribution is 2.30. The summed E-state index contributed by atoms with van der Waals surface area (Å²) >= 11 is 1.91. The van der Waals surface area contributed by atoms with Crippen molar-refractivity contribution in [2.24, 2.45) is 5.92 Å². The Balaban J connectivity index is 1.27. The van der Waals surface area contributed by atoms with Crippen LogP contribution in [0.5, 0.6) is 0 Å². The van der Waals surface area contributed by atoms with E-state index in [4.69, 9.17) is 0 Å². The predicted octanol–water partition coefficient (Wildman–Crippen LogP) is 3.68. The first-order chi connectivity index (χ1) is 11.3. The number of carbonyl (C=O) groups excluding carboxylic acids is 1. The van der Waals surface area contributed by atoms with Crippen LogP contribution in [-0.2, 0) is 17.8 Å². The lowest BCUT2D eigenvalue weighted by atomic mass is 9.98. The molecule has 126 valence electrons. The van der Waals surface area contributed by atoms with E-state index >= 15 is 0 Å². The van der Waals surface area contributed by atoms with Gasteiger partial charge in [0, 0.05) is 43.5 Å². The fraction of sp³-hybridized carbons (Fsp3) is 0.737. The molecule has 1 amide bonds. The molecule has 1 saturated heterocycles. The maximum atomic E-state index is 12.5. The molecule has 0 unspecified atom stereocenters. The molecule has 0 radical (unpaired) electrons. The third-order valence-electron chi connectivity index (χ3n) is 6.11. The molecule has 1 aromatic rings. The Hall–Kier alpha value is -0.870. The summed E-state index contributed by atoms with van der Waals surface area (Å²) in [7, 11) is 0. The third kappa shape index (κ3) is 3.48. The molecule has 3 heterocycles. The van der Waals surface area contributed by atoms with Crippen molar-refractivity contribution in [3.63, 3.8) is 0 Å². The van der Waals surface area contributed by atoms with Crippen LogP contribution < -0.4 is 0 Å². The lowest BCUT2D eigenvalue weighted by Crippen LogP contribution is -2.48. The average Bonchev–Trinajstić information content (AvgIpc) is 3.25. The number of hydrogen-bond acceptors (Lipinski definition) is 3. The molecule has 1 aromatic heterocycles. The fourth-order valence-electron chi connectivity index (χ4n) is 4.65. The minimum absolute atomic E-state index is 0.425. The Morgan fingerprint density at radius 2 is 1.91 bits per heavy atom. The second-order valence-electron chi connectivity index (χ2n) is 7.56. The number of piperidine rings is 1. The van der Waals surface area contributed by atoms with Crippen molar-refractivity contribution in [2.75, 3.05) is 19.6 Å². The zero-order valence-electron chi connectivity index (χ0n) is 14.0. The van der Waals surface area contributed by atoms with Gasteiger partial charge in [0.1, 0.15) is 0 Å². The molecule has 3 aliphatic rings. The van der Waals surface area contributed by atoms with Gasteiger partial charge in [-0.05, 0) is 55.0 Å². The van der Waals surface area contributed by atoms with Crippen molar-refractivity contribution in [3.8, 4) is 0 Å². The van der Waals surface area contributed by atoms with Crippen LogP contribution in [0.1, 0.15) is 55.4 Å². The minimum Gasteiger partial charge on any atom is -0.343 e. The fourth-order valence-corrected chi connectivity index (χ4v) is 5.54. The van der Waals surface area contributed by atoms with Crippen LogP contribution >= 0.6 is 11.3 Å². The number of thiophene rings is 1. The van der Waals surface area contributed by atoms with Crippen LogP contribution in [0.3, 0.4) is 0 Å². The standard InChI is InChI=1S/C19H28N2OS/c22-19(13-15-3-1-2-4-15)20-9-5-17(6-10-20)21-11-7-18-16(14-21)8-12-23-18/h8,12,15,17H,1-7,9-11,13-14H2. The maximum absolute atomic E-state index is 12.5. The van der Waals surface area contributed by atoms with Crippen molar-refractivity contribution in [2.45, 2.75) is 64.0 Å². The number of hydrogen-bond donors (Lipinski definition) is 0. The van der Waals surface area contributed by atoms with Crippen LogP contribution in [0.4, 0.5) is 0 Å². The Morgan fingerprint density at radius 1 is 1.13 bits per heavy atom. The SMILES string of the molecule is O=C(CC1CCCC1)N1CCC(N2CCc3sccc3C2)CC1. The average molecular weight is 333 g/mol. The van der Waals surface area contributed by atoms with Gasteiger partial charge in [-0.1, -0.05) is 12.8 Å². The van der Waals surface area contributed by atoms with Crippen LogP contribution in [0.25, 0.3) is 0 Å². The first-order valence-electron chi connectivity index (χ1n) is 9.36. The van der Waals surface area contributed by atoms with E-state index in [0.29, 0.717) is 17.9 Å². The first kappa shape index (κ1) is 15.6. The molecule has 0 bridgehead atoms. The molecule has 1 aliphatic carbocycles. The van der Waals surface area contributed by atoms with Gasteiger partial charge in [-0.2, -0.15) is 0 Å². The number of carbonyl (C=O) groups is 1. The summed E-state index contributed by atoms with van der Waals surface area (Å²) in [6.07, 6.45) is 9.57. The Morgan fingerprint density at radius 3 is 2.70 bits per heavy atom. The number of nitrogens with zero attached hydrogens (tertiary/aromatic N) is 2. The highest BCUT2D eigenvalue weighted by Gasteiger charge is 2.30. The highest BCUT2D eigenvalue weighted by molar-refractivity contribution is 7.10. The molecule has 0 N–H and O–H groups in total. The van der Waals surface area contributed by atoms with E-state index in [1.54, 1.807) is 10.4 Å². The van der Waals surface area contributed by atoms with Crippen molar-refractivity contribution in [1.29, 1.82) is 0 Å². The molecular formula is C19H28N2OS. The largest absolute Gasteiger partial charge is 0.343 e. The normalized spacial score (nSPS) is 24.1. The van der Waals surface area contributed by atoms with Crippen molar-refractivity contribution >= 4 is 17.2 Å². The highest BCUT2D eigenvalue weighted by atomic mass is 32.1. The summed E-state index contributed by atoms with van der Waals surface area (Å²) in [5.74, 6) is 1.11. The van der Waals surface area contributed by atoms with Gasteiger partial charge in [0.25, 0.3) is 0 Å².